The Bertz CT molecular complexity index is 593. The van der Waals surface area contributed by atoms with Gasteiger partial charge in [0.05, 0.1) is 18.1 Å². The maximum Gasteiger partial charge on any atom is 0.323 e. The number of nitrogens with one attached hydrogen (secondary N) is 1. The fraction of sp³-hybridized carbons (Fsp3) is 0.750. The van der Waals surface area contributed by atoms with Gasteiger partial charge in [0.1, 0.15) is 0 Å². The SMILES string of the molecule is CCCOc1nc(NC)nc(N(C)C2CCS(=O)(=O)C2)n1. The second kappa shape index (κ2) is 6.42. The fourth-order valence-corrected chi connectivity index (χ4v) is 3.89. The molecule has 1 unspecified atom stereocenters. The Kier molecular flexibility index (Phi) is 4.81. The Morgan fingerprint density at radius 3 is 2.71 bits per heavy atom. The van der Waals surface area contributed by atoms with Gasteiger partial charge in [-0.3, -0.25) is 0 Å². The van der Waals surface area contributed by atoms with E-state index in [2.05, 4.69) is 20.3 Å². The zero-order chi connectivity index (χ0) is 15.5. The van der Waals surface area contributed by atoms with Crippen molar-refractivity contribution in [2.45, 2.75) is 25.8 Å². The highest BCUT2D eigenvalue weighted by Crippen LogP contribution is 2.22. The Hall–Kier alpha value is -1.64. The van der Waals surface area contributed by atoms with E-state index in [0.29, 0.717) is 24.9 Å². The predicted molar refractivity (Wildman–Crippen MR) is 80.6 cm³/mol. The van der Waals surface area contributed by atoms with Gasteiger partial charge in [0, 0.05) is 20.1 Å². The molecule has 2 heterocycles. The number of hydrogen-bond acceptors (Lipinski definition) is 8. The molecule has 118 valence electrons. The molecule has 1 aliphatic rings. The Morgan fingerprint density at radius 2 is 2.14 bits per heavy atom. The maximum absolute atomic E-state index is 11.6. The average Bonchev–Trinajstić information content (AvgIpc) is 2.84. The van der Waals surface area contributed by atoms with Gasteiger partial charge in [-0.15, -0.1) is 0 Å². The summed E-state index contributed by atoms with van der Waals surface area (Å²) in [6.07, 6.45) is 1.44. The van der Waals surface area contributed by atoms with Crippen LogP contribution in [0.1, 0.15) is 19.8 Å². The monoisotopic (exact) mass is 315 g/mol. The van der Waals surface area contributed by atoms with Crippen molar-refractivity contribution in [3.8, 4) is 6.01 Å². The average molecular weight is 315 g/mol. The van der Waals surface area contributed by atoms with E-state index >= 15 is 0 Å². The standard InChI is InChI=1S/C12H21N5O3S/c1-4-6-20-12-15-10(13-2)14-11(16-12)17(3)9-5-7-21(18,19)8-9/h9H,4-8H2,1-3H3,(H,13,14,15,16). The molecule has 1 atom stereocenters. The highest BCUT2D eigenvalue weighted by atomic mass is 32.2. The second-order valence-corrected chi connectivity index (χ2v) is 7.24. The normalized spacial score (nSPS) is 20.2. The molecule has 0 bridgehead atoms. The number of ether oxygens (including phenoxy) is 1. The first-order valence-electron chi connectivity index (χ1n) is 6.95. The molecule has 1 aromatic heterocycles. The third-order valence-electron chi connectivity index (χ3n) is 3.33. The number of sulfone groups is 1. The van der Waals surface area contributed by atoms with E-state index in [4.69, 9.17) is 4.74 Å². The summed E-state index contributed by atoms with van der Waals surface area (Å²) in [5.41, 5.74) is 0. The summed E-state index contributed by atoms with van der Waals surface area (Å²) in [6.45, 7) is 2.52. The van der Waals surface area contributed by atoms with E-state index in [9.17, 15) is 8.42 Å². The van der Waals surface area contributed by atoms with Gasteiger partial charge in [0.25, 0.3) is 0 Å². The van der Waals surface area contributed by atoms with Crippen molar-refractivity contribution in [1.29, 1.82) is 0 Å². The van der Waals surface area contributed by atoms with Gasteiger partial charge >= 0.3 is 6.01 Å². The Morgan fingerprint density at radius 1 is 1.38 bits per heavy atom. The highest BCUT2D eigenvalue weighted by molar-refractivity contribution is 7.91. The van der Waals surface area contributed by atoms with Crippen LogP contribution in [-0.2, 0) is 9.84 Å². The molecule has 1 aromatic rings. The minimum atomic E-state index is -2.95. The number of nitrogens with zero attached hydrogens (tertiary/aromatic N) is 4. The molecule has 0 aliphatic carbocycles. The quantitative estimate of drug-likeness (QED) is 0.802. The van der Waals surface area contributed by atoms with Crippen LogP contribution in [0.25, 0.3) is 0 Å². The van der Waals surface area contributed by atoms with Gasteiger partial charge in [-0.05, 0) is 12.8 Å². The summed E-state index contributed by atoms with van der Waals surface area (Å²) in [7, 11) is 0.558. The molecule has 21 heavy (non-hydrogen) atoms. The van der Waals surface area contributed by atoms with Crippen LogP contribution >= 0.6 is 0 Å². The Labute approximate surface area is 124 Å². The van der Waals surface area contributed by atoms with Crippen molar-refractivity contribution in [3.63, 3.8) is 0 Å². The Balaban J connectivity index is 2.21. The first-order chi connectivity index (χ1) is 9.95. The second-order valence-electron chi connectivity index (χ2n) is 5.01. The summed E-state index contributed by atoms with van der Waals surface area (Å²) in [5, 5.41) is 2.86. The lowest BCUT2D eigenvalue weighted by molar-refractivity contribution is 0.292. The summed E-state index contributed by atoms with van der Waals surface area (Å²) in [5.74, 6) is 1.17. The molecule has 1 fully saturated rings. The molecule has 0 spiro atoms. The summed E-state index contributed by atoms with van der Waals surface area (Å²) in [6, 6.07) is 0.139. The third kappa shape index (κ3) is 3.93. The van der Waals surface area contributed by atoms with Gasteiger partial charge in [-0.25, -0.2) is 8.42 Å². The topological polar surface area (TPSA) is 97.3 Å². The minimum Gasteiger partial charge on any atom is -0.463 e. The van der Waals surface area contributed by atoms with E-state index in [0.717, 1.165) is 6.42 Å². The number of aromatic nitrogens is 3. The van der Waals surface area contributed by atoms with Gasteiger partial charge in [-0.2, -0.15) is 15.0 Å². The number of hydrogen-bond donors (Lipinski definition) is 1. The fourth-order valence-electron chi connectivity index (χ4n) is 2.12. The molecular weight excluding hydrogens is 294 g/mol. The summed E-state index contributed by atoms with van der Waals surface area (Å²) in [4.78, 5) is 14.4. The third-order valence-corrected chi connectivity index (χ3v) is 5.08. The molecule has 0 aromatic carbocycles. The molecule has 0 saturated carbocycles. The van der Waals surface area contributed by atoms with Crippen LogP contribution < -0.4 is 15.0 Å². The molecule has 0 amide bonds. The van der Waals surface area contributed by atoms with Gasteiger partial charge in [-0.1, -0.05) is 6.92 Å². The van der Waals surface area contributed by atoms with Crippen molar-refractivity contribution in [3.05, 3.63) is 0 Å². The van der Waals surface area contributed by atoms with Crippen molar-refractivity contribution in [1.82, 2.24) is 15.0 Å². The summed E-state index contributed by atoms with van der Waals surface area (Å²) >= 11 is 0. The van der Waals surface area contributed by atoms with Crippen molar-refractivity contribution in [2.75, 3.05) is 42.4 Å². The van der Waals surface area contributed by atoms with Crippen LogP contribution in [-0.4, -0.2) is 61.6 Å². The van der Waals surface area contributed by atoms with Crippen LogP contribution in [0.3, 0.4) is 0 Å². The smallest absolute Gasteiger partial charge is 0.323 e. The first-order valence-corrected chi connectivity index (χ1v) is 8.77. The van der Waals surface area contributed by atoms with E-state index in [1.165, 1.54) is 0 Å². The summed E-state index contributed by atoms with van der Waals surface area (Å²) < 4.78 is 28.6. The minimum absolute atomic E-state index is 0.110. The van der Waals surface area contributed by atoms with Crippen LogP contribution in [0.5, 0.6) is 6.01 Å². The highest BCUT2D eigenvalue weighted by Gasteiger charge is 2.32. The van der Waals surface area contributed by atoms with Crippen LogP contribution in [0.2, 0.25) is 0 Å². The van der Waals surface area contributed by atoms with Crippen molar-refractivity contribution in [2.24, 2.45) is 0 Å². The molecule has 9 heteroatoms. The number of rotatable bonds is 6. The predicted octanol–water partition coefficient (Wildman–Crippen LogP) is 0.325. The van der Waals surface area contributed by atoms with Crippen LogP contribution in [0.15, 0.2) is 0 Å². The molecule has 1 saturated heterocycles. The van der Waals surface area contributed by atoms with Crippen LogP contribution in [0, 0.1) is 0 Å². The molecule has 1 aliphatic heterocycles. The van der Waals surface area contributed by atoms with Crippen molar-refractivity contribution >= 4 is 21.7 Å². The zero-order valence-corrected chi connectivity index (χ0v) is 13.4. The maximum atomic E-state index is 11.6. The largest absolute Gasteiger partial charge is 0.463 e. The van der Waals surface area contributed by atoms with E-state index < -0.39 is 9.84 Å². The first kappa shape index (κ1) is 15.7. The van der Waals surface area contributed by atoms with E-state index in [1.54, 1.807) is 19.0 Å². The molecule has 1 N–H and O–H groups in total. The molecule has 2 rings (SSSR count). The number of anilines is 2. The molecular formula is C12H21N5O3S. The van der Waals surface area contributed by atoms with Crippen molar-refractivity contribution < 1.29 is 13.2 Å². The lowest BCUT2D eigenvalue weighted by Crippen LogP contribution is -2.34. The lowest BCUT2D eigenvalue weighted by atomic mass is 10.2. The van der Waals surface area contributed by atoms with Gasteiger partial charge in [0.15, 0.2) is 9.84 Å². The van der Waals surface area contributed by atoms with E-state index in [1.807, 2.05) is 6.92 Å². The van der Waals surface area contributed by atoms with Gasteiger partial charge < -0.3 is 15.0 Å². The van der Waals surface area contributed by atoms with Gasteiger partial charge in [0.2, 0.25) is 11.9 Å². The lowest BCUT2D eigenvalue weighted by Gasteiger charge is -2.23. The zero-order valence-electron chi connectivity index (χ0n) is 12.5. The van der Waals surface area contributed by atoms with Crippen LogP contribution in [0.4, 0.5) is 11.9 Å². The van der Waals surface area contributed by atoms with E-state index in [-0.39, 0.29) is 23.6 Å². The molecule has 0 radical (unpaired) electrons. The molecule has 8 nitrogen and oxygen atoms in total.